The third kappa shape index (κ3) is 5.47. The molecule has 0 aliphatic heterocycles. The van der Waals surface area contributed by atoms with Crippen LogP contribution < -0.4 is 10.0 Å². The van der Waals surface area contributed by atoms with E-state index >= 15 is 0 Å². The molecule has 0 saturated heterocycles. The standard InChI is InChI=1S/C15H24N2O3S/c1-5-6-12(4)16-15(18)13-7-9-14(10-8-13)21(19,20)17-11(2)3/h7-12,17H,5-6H2,1-4H3,(H,16,18). The summed E-state index contributed by atoms with van der Waals surface area (Å²) in [5.74, 6) is -0.184. The van der Waals surface area contributed by atoms with Crippen LogP contribution >= 0.6 is 0 Å². The fourth-order valence-electron chi connectivity index (χ4n) is 1.98. The summed E-state index contributed by atoms with van der Waals surface area (Å²) in [5.41, 5.74) is 0.460. The normalized spacial score (nSPS) is 13.2. The van der Waals surface area contributed by atoms with E-state index in [1.165, 1.54) is 24.3 Å². The van der Waals surface area contributed by atoms with Gasteiger partial charge < -0.3 is 5.32 Å². The Kier molecular flexibility index (Phi) is 6.36. The zero-order chi connectivity index (χ0) is 16.0. The highest BCUT2D eigenvalue weighted by atomic mass is 32.2. The number of hydrogen-bond acceptors (Lipinski definition) is 3. The number of rotatable bonds is 7. The van der Waals surface area contributed by atoms with Crippen molar-refractivity contribution < 1.29 is 13.2 Å². The molecular weight excluding hydrogens is 288 g/mol. The third-order valence-electron chi connectivity index (χ3n) is 2.92. The first-order valence-electron chi connectivity index (χ1n) is 7.19. The topological polar surface area (TPSA) is 75.3 Å². The first kappa shape index (κ1) is 17.7. The lowest BCUT2D eigenvalue weighted by atomic mass is 10.1. The monoisotopic (exact) mass is 312 g/mol. The van der Waals surface area contributed by atoms with Crippen LogP contribution in [0.3, 0.4) is 0 Å². The Bertz CT molecular complexity index is 565. The molecule has 0 aliphatic carbocycles. The summed E-state index contributed by atoms with van der Waals surface area (Å²) in [6, 6.07) is 5.89. The Labute approximate surface area is 127 Å². The van der Waals surface area contributed by atoms with Crippen molar-refractivity contribution in [3.8, 4) is 0 Å². The van der Waals surface area contributed by atoms with Crippen molar-refractivity contribution in [2.75, 3.05) is 0 Å². The van der Waals surface area contributed by atoms with E-state index in [9.17, 15) is 13.2 Å². The molecule has 6 heteroatoms. The van der Waals surface area contributed by atoms with E-state index in [4.69, 9.17) is 0 Å². The van der Waals surface area contributed by atoms with Crippen LogP contribution in [-0.4, -0.2) is 26.4 Å². The van der Waals surface area contributed by atoms with Crippen LogP contribution in [-0.2, 0) is 10.0 Å². The molecule has 21 heavy (non-hydrogen) atoms. The molecule has 0 aromatic heterocycles. The minimum absolute atomic E-state index is 0.105. The largest absolute Gasteiger partial charge is 0.350 e. The van der Waals surface area contributed by atoms with E-state index in [1.807, 2.05) is 6.92 Å². The highest BCUT2D eigenvalue weighted by Gasteiger charge is 2.16. The molecule has 5 nitrogen and oxygen atoms in total. The zero-order valence-corrected chi connectivity index (χ0v) is 13.8. The molecule has 0 heterocycles. The zero-order valence-electron chi connectivity index (χ0n) is 13.0. The van der Waals surface area contributed by atoms with Gasteiger partial charge in [-0.1, -0.05) is 13.3 Å². The third-order valence-corrected chi connectivity index (χ3v) is 4.59. The van der Waals surface area contributed by atoms with Gasteiger partial charge in [0, 0.05) is 17.6 Å². The Hall–Kier alpha value is -1.40. The maximum absolute atomic E-state index is 12.0. The molecule has 0 aliphatic rings. The van der Waals surface area contributed by atoms with Crippen LogP contribution in [0.4, 0.5) is 0 Å². The van der Waals surface area contributed by atoms with Crippen molar-refractivity contribution in [2.45, 2.75) is 57.5 Å². The minimum atomic E-state index is -3.52. The number of carbonyl (C=O) groups excluding carboxylic acids is 1. The molecule has 1 unspecified atom stereocenters. The molecule has 0 spiro atoms. The molecule has 1 atom stereocenters. The van der Waals surface area contributed by atoms with Gasteiger partial charge in [0.1, 0.15) is 0 Å². The second-order valence-corrected chi connectivity index (χ2v) is 7.18. The molecule has 1 aromatic rings. The number of amides is 1. The molecule has 2 N–H and O–H groups in total. The van der Waals surface area contributed by atoms with Crippen LogP contribution in [0.2, 0.25) is 0 Å². The van der Waals surface area contributed by atoms with Crippen molar-refractivity contribution in [3.05, 3.63) is 29.8 Å². The van der Waals surface area contributed by atoms with Crippen molar-refractivity contribution in [1.29, 1.82) is 0 Å². The predicted octanol–water partition coefficient (Wildman–Crippen LogP) is 2.29. The molecule has 0 fully saturated rings. The van der Waals surface area contributed by atoms with E-state index in [0.717, 1.165) is 12.8 Å². The van der Waals surface area contributed by atoms with Crippen molar-refractivity contribution in [3.63, 3.8) is 0 Å². The summed E-state index contributed by atoms with van der Waals surface area (Å²) >= 11 is 0. The van der Waals surface area contributed by atoms with Crippen molar-refractivity contribution in [2.24, 2.45) is 0 Å². The fraction of sp³-hybridized carbons (Fsp3) is 0.533. The average Bonchev–Trinajstić information content (AvgIpc) is 2.37. The van der Waals surface area contributed by atoms with Gasteiger partial charge in [0.05, 0.1) is 4.90 Å². The average molecular weight is 312 g/mol. The minimum Gasteiger partial charge on any atom is -0.350 e. The number of carbonyl (C=O) groups is 1. The van der Waals surface area contributed by atoms with E-state index in [2.05, 4.69) is 17.0 Å². The Morgan fingerprint density at radius 3 is 2.19 bits per heavy atom. The van der Waals surface area contributed by atoms with Gasteiger partial charge in [-0.2, -0.15) is 0 Å². The Morgan fingerprint density at radius 2 is 1.71 bits per heavy atom. The van der Waals surface area contributed by atoms with Crippen molar-refractivity contribution in [1.82, 2.24) is 10.0 Å². The van der Waals surface area contributed by atoms with Gasteiger partial charge in [0.25, 0.3) is 5.91 Å². The number of benzene rings is 1. The molecule has 0 radical (unpaired) electrons. The summed E-state index contributed by atoms with van der Waals surface area (Å²) < 4.78 is 26.5. The fourth-order valence-corrected chi connectivity index (χ4v) is 3.23. The van der Waals surface area contributed by atoms with E-state index in [0.29, 0.717) is 5.56 Å². The quantitative estimate of drug-likeness (QED) is 0.811. The second-order valence-electron chi connectivity index (χ2n) is 5.46. The number of sulfonamides is 1. The maximum atomic E-state index is 12.0. The van der Waals surface area contributed by atoms with Crippen LogP contribution in [0.25, 0.3) is 0 Å². The van der Waals surface area contributed by atoms with Crippen LogP contribution in [0.1, 0.15) is 50.9 Å². The first-order chi connectivity index (χ1) is 9.76. The maximum Gasteiger partial charge on any atom is 0.251 e. The summed E-state index contributed by atoms with van der Waals surface area (Å²) in [7, 11) is -3.52. The number of nitrogens with one attached hydrogen (secondary N) is 2. The Morgan fingerprint density at radius 1 is 1.14 bits per heavy atom. The highest BCUT2D eigenvalue weighted by Crippen LogP contribution is 2.11. The summed E-state index contributed by atoms with van der Waals surface area (Å²) in [6.45, 7) is 7.53. The van der Waals surface area contributed by atoms with Gasteiger partial charge >= 0.3 is 0 Å². The van der Waals surface area contributed by atoms with Crippen LogP contribution in [0, 0.1) is 0 Å². The van der Waals surface area contributed by atoms with Crippen LogP contribution in [0.15, 0.2) is 29.2 Å². The Balaban J connectivity index is 2.81. The molecule has 0 bridgehead atoms. The second kappa shape index (κ2) is 7.56. The van der Waals surface area contributed by atoms with Gasteiger partial charge in [0.2, 0.25) is 10.0 Å². The molecule has 0 saturated carbocycles. The van der Waals surface area contributed by atoms with Gasteiger partial charge in [-0.05, 0) is 51.5 Å². The lowest BCUT2D eigenvalue weighted by Gasteiger charge is -2.13. The summed E-state index contributed by atoms with van der Waals surface area (Å²) in [6.07, 6.45) is 1.91. The van der Waals surface area contributed by atoms with Gasteiger partial charge in [-0.25, -0.2) is 13.1 Å². The van der Waals surface area contributed by atoms with E-state index in [1.54, 1.807) is 13.8 Å². The van der Waals surface area contributed by atoms with E-state index in [-0.39, 0.29) is 22.9 Å². The summed E-state index contributed by atoms with van der Waals surface area (Å²) in [4.78, 5) is 12.2. The molecule has 118 valence electrons. The smallest absolute Gasteiger partial charge is 0.251 e. The van der Waals surface area contributed by atoms with Crippen LogP contribution in [0.5, 0.6) is 0 Å². The lowest BCUT2D eigenvalue weighted by Crippen LogP contribution is -2.32. The molecular formula is C15H24N2O3S. The molecule has 1 rings (SSSR count). The molecule has 1 aromatic carbocycles. The van der Waals surface area contributed by atoms with Gasteiger partial charge in [-0.15, -0.1) is 0 Å². The number of hydrogen-bond donors (Lipinski definition) is 2. The highest BCUT2D eigenvalue weighted by molar-refractivity contribution is 7.89. The van der Waals surface area contributed by atoms with E-state index < -0.39 is 10.0 Å². The van der Waals surface area contributed by atoms with Crippen molar-refractivity contribution >= 4 is 15.9 Å². The predicted molar refractivity (Wildman–Crippen MR) is 83.7 cm³/mol. The first-order valence-corrected chi connectivity index (χ1v) is 8.67. The molecule has 1 amide bonds. The summed E-state index contributed by atoms with van der Waals surface area (Å²) in [5, 5.41) is 2.88. The van der Waals surface area contributed by atoms with Gasteiger partial charge in [0.15, 0.2) is 0 Å². The lowest BCUT2D eigenvalue weighted by molar-refractivity contribution is 0.0938. The van der Waals surface area contributed by atoms with Gasteiger partial charge in [-0.3, -0.25) is 4.79 Å². The SMILES string of the molecule is CCCC(C)NC(=O)c1ccc(S(=O)(=O)NC(C)C)cc1.